The molecule has 1 aromatic rings. The Balaban J connectivity index is 3.28. The minimum absolute atomic E-state index is 0.602. The van der Waals surface area contributed by atoms with Crippen LogP contribution in [0.4, 0.5) is 0 Å². The van der Waals surface area contributed by atoms with Gasteiger partial charge in [0.05, 0.1) is 7.11 Å². The van der Waals surface area contributed by atoms with E-state index in [1.165, 1.54) is 7.11 Å². The highest BCUT2D eigenvalue weighted by atomic mass is 16.5. The van der Waals surface area contributed by atoms with Crippen LogP contribution >= 0.6 is 0 Å². The zero-order valence-corrected chi connectivity index (χ0v) is 11.4. The molecule has 0 bridgehead atoms. The fraction of sp³-hybridized carbons (Fsp3) is 0.500. The number of aliphatic hydroxyl groups is 2. The first-order chi connectivity index (χ1) is 8.31. The number of hydrogen-bond acceptors (Lipinski definition) is 4. The van der Waals surface area contributed by atoms with Gasteiger partial charge in [0.1, 0.15) is 6.10 Å². The molecule has 4 heteroatoms. The molecule has 4 nitrogen and oxygen atoms in total. The lowest BCUT2D eigenvalue weighted by molar-refractivity contribution is -0.156. The first kappa shape index (κ1) is 14.7. The van der Waals surface area contributed by atoms with E-state index in [1.807, 2.05) is 33.8 Å². The van der Waals surface area contributed by atoms with Crippen LogP contribution in [0, 0.1) is 27.7 Å². The molecule has 0 heterocycles. The van der Waals surface area contributed by atoms with E-state index >= 15 is 0 Å². The second kappa shape index (κ2) is 5.50. The lowest BCUT2D eigenvalue weighted by Crippen LogP contribution is -2.30. The van der Waals surface area contributed by atoms with E-state index < -0.39 is 18.2 Å². The zero-order chi connectivity index (χ0) is 14.0. The highest BCUT2D eigenvalue weighted by molar-refractivity contribution is 5.75. The second-order valence-electron chi connectivity index (χ2n) is 4.59. The molecule has 18 heavy (non-hydrogen) atoms. The molecule has 0 radical (unpaired) electrons. The first-order valence-corrected chi connectivity index (χ1v) is 5.82. The first-order valence-electron chi connectivity index (χ1n) is 5.82. The van der Waals surface area contributed by atoms with Gasteiger partial charge in [0, 0.05) is 0 Å². The maximum absolute atomic E-state index is 11.3. The third kappa shape index (κ3) is 2.54. The van der Waals surface area contributed by atoms with E-state index in [2.05, 4.69) is 4.74 Å². The van der Waals surface area contributed by atoms with Crippen molar-refractivity contribution in [1.82, 2.24) is 0 Å². The molecule has 0 saturated carbocycles. The molecule has 1 rings (SSSR count). The van der Waals surface area contributed by atoms with Gasteiger partial charge < -0.3 is 14.9 Å². The zero-order valence-electron chi connectivity index (χ0n) is 11.4. The van der Waals surface area contributed by atoms with Crippen LogP contribution in [0.5, 0.6) is 0 Å². The van der Waals surface area contributed by atoms with Crippen LogP contribution in [0.2, 0.25) is 0 Å². The molecule has 100 valence electrons. The Morgan fingerprint density at radius 3 is 1.94 bits per heavy atom. The van der Waals surface area contributed by atoms with Crippen LogP contribution in [-0.2, 0) is 9.53 Å². The van der Waals surface area contributed by atoms with Gasteiger partial charge in [-0.25, -0.2) is 4.79 Å². The summed E-state index contributed by atoms with van der Waals surface area (Å²) in [7, 11) is 1.18. The largest absolute Gasteiger partial charge is 0.467 e. The Labute approximate surface area is 107 Å². The van der Waals surface area contributed by atoms with Crippen molar-refractivity contribution in [1.29, 1.82) is 0 Å². The van der Waals surface area contributed by atoms with Crippen molar-refractivity contribution in [2.75, 3.05) is 7.11 Å². The molecule has 0 saturated heterocycles. The summed E-state index contributed by atoms with van der Waals surface area (Å²) in [5, 5.41) is 19.9. The van der Waals surface area contributed by atoms with Gasteiger partial charge >= 0.3 is 5.97 Å². The van der Waals surface area contributed by atoms with Crippen molar-refractivity contribution in [3.63, 3.8) is 0 Å². The lowest BCUT2D eigenvalue weighted by Gasteiger charge is -2.22. The number of benzene rings is 1. The number of aryl methyl sites for hydroxylation is 2. The predicted molar refractivity (Wildman–Crippen MR) is 68.4 cm³/mol. The number of hydrogen-bond donors (Lipinski definition) is 2. The molecule has 1 aromatic carbocycles. The topological polar surface area (TPSA) is 66.8 Å². The maximum Gasteiger partial charge on any atom is 0.337 e. The fourth-order valence-electron chi connectivity index (χ4n) is 2.10. The summed E-state index contributed by atoms with van der Waals surface area (Å²) in [4.78, 5) is 11.3. The number of rotatable bonds is 3. The third-order valence-corrected chi connectivity index (χ3v) is 3.46. The van der Waals surface area contributed by atoms with E-state index in [0.717, 1.165) is 22.3 Å². The summed E-state index contributed by atoms with van der Waals surface area (Å²) in [6.07, 6.45) is -2.83. The highest BCUT2D eigenvalue weighted by Gasteiger charge is 2.29. The summed E-state index contributed by atoms with van der Waals surface area (Å²) in [6, 6.07) is 2.02. The van der Waals surface area contributed by atoms with Gasteiger partial charge in [0.25, 0.3) is 0 Å². The van der Waals surface area contributed by atoms with Crippen molar-refractivity contribution in [2.45, 2.75) is 39.9 Å². The molecule has 0 aromatic heterocycles. The molecule has 2 atom stereocenters. The van der Waals surface area contributed by atoms with E-state index in [4.69, 9.17) is 0 Å². The summed E-state index contributed by atoms with van der Waals surface area (Å²) >= 11 is 0. The number of carbonyl (C=O) groups is 1. The highest BCUT2D eigenvalue weighted by Crippen LogP contribution is 2.29. The summed E-state index contributed by atoms with van der Waals surface area (Å²) < 4.78 is 4.45. The summed E-state index contributed by atoms with van der Waals surface area (Å²) in [6.45, 7) is 7.60. The van der Waals surface area contributed by atoms with Gasteiger partial charge in [0.2, 0.25) is 0 Å². The number of methoxy groups -OCH3 is 1. The van der Waals surface area contributed by atoms with E-state index in [-0.39, 0.29) is 0 Å². The molecule has 0 spiro atoms. The van der Waals surface area contributed by atoms with Crippen LogP contribution in [0.1, 0.15) is 33.9 Å². The molecule has 0 aliphatic carbocycles. The lowest BCUT2D eigenvalue weighted by atomic mass is 9.89. The van der Waals surface area contributed by atoms with Crippen molar-refractivity contribution >= 4 is 5.97 Å². The van der Waals surface area contributed by atoms with E-state index in [9.17, 15) is 15.0 Å². The Hall–Kier alpha value is -1.39. The smallest absolute Gasteiger partial charge is 0.337 e. The second-order valence-corrected chi connectivity index (χ2v) is 4.59. The van der Waals surface area contributed by atoms with Gasteiger partial charge in [-0.05, 0) is 55.5 Å². The fourth-order valence-corrected chi connectivity index (χ4v) is 2.10. The SMILES string of the molecule is COC(=O)C(O)C(O)c1c(C)c(C)cc(C)c1C. The van der Waals surface area contributed by atoms with E-state index in [0.29, 0.717) is 5.56 Å². The van der Waals surface area contributed by atoms with Crippen molar-refractivity contribution < 1.29 is 19.7 Å². The number of carbonyl (C=O) groups excluding carboxylic acids is 1. The van der Waals surface area contributed by atoms with Crippen molar-refractivity contribution in [3.05, 3.63) is 33.9 Å². The maximum atomic E-state index is 11.3. The molecule has 2 unspecified atom stereocenters. The average Bonchev–Trinajstić information content (AvgIpc) is 2.34. The Morgan fingerprint density at radius 1 is 1.11 bits per heavy atom. The van der Waals surface area contributed by atoms with Gasteiger partial charge in [0.15, 0.2) is 6.10 Å². The quantitative estimate of drug-likeness (QED) is 0.800. The minimum Gasteiger partial charge on any atom is -0.467 e. The monoisotopic (exact) mass is 252 g/mol. The van der Waals surface area contributed by atoms with Crippen molar-refractivity contribution in [2.24, 2.45) is 0 Å². The molecule has 2 N–H and O–H groups in total. The normalized spacial score (nSPS) is 14.2. The van der Waals surface area contributed by atoms with E-state index in [1.54, 1.807) is 0 Å². The van der Waals surface area contributed by atoms with Gasteiger partial charge in [-0.3, -0.25) is 0 Å². The van der Waals surface area contributed by atoms with Gasteiger partial charge in [-0.15, -0.1) is 0 Å². The summed E-state index contributed by atoms with van der Waals surface area (Å²) in [5.74, 6) is -0.833. The molecule has 0 fully saturated rings. The Morgan fingerprint density at radius 2 is 1.56 bits per heavy atom. The number of ether oxygens (including phenoxy) is 1. The molecule has 0 amide bonds. The van der Waals surface area contributed by atoms with Crippen molar-refractivity contribution in [3.8, 4) is 0 Å². The Bertz CT molecular complexity index is 439. The van der Waals surface area contributed by atoms with Crippen LogP contribution in [-0.4, -0.2) is 29.4 Å². The number of esters is 1. The average molecular weight is 252 g/mol. The molecule has 0 aliphatic heterocycles. The van der Waals surface area contributed by atoms with Crippen LogP contribution in [0.3, 0.4) is 0 Å². The standard InChI is InChI=1S/C14H20O4/c1-7-6-8(2)10(4)11(9(7)3)12(15)13(16)14(17)18-5/h6,12-13,15-16H,1-5H3. The van der Waals surface area contributed by atoms with Crippen LogP contribution < -0.4 is 0 Å². The molecular weight excluding hydrogens is 232 g/mol. The van der Waals surface area contributed by atoms with Crippen LogP contribution in [0.25, 0.3) is 0 Å². The van der Waals surface area contributed by atoms with Gasteiger partial charge in [-0.2, -0.15) is 0 Å². The molecular formula is C14H20O4. The molecule has 0 aliphatic rings. The number of aliphatic hydroxyl groups excluding tert-OH is 2. The van der Waals surface area contributed by atoms with Crippen LogP contribution in [0.15, 0.2) is 6.07 Å². The van der Waals surface area contributed by atoms with Gasteiger partial charge in [-0.1, -0.05) is 6.07 Å². The summed E-state index contributed by atoms with van der Waals surface area (Å²) in [5.41, 5.74) is 4.40. The Kier molecular flexibility index (Phi) is 4.48. The predicted octanol–water partition coefficient (Wildman–Crippen LogP) is 1.49. The minimum atomic E-state index is -1.56. The third-order valence-electron chi connectivity index (χ3n) is 3.46.